The van der Waals surface area contributed by atoms with E-state index in [0.717, 1.165) is 0 Å². The maximum Gasteiger partial charge on any atom is 0.279 e. The van der Waals surface area contributed by atoms with Gasteiger partial charge >= 0.3 is 0 Å². The summed E-state index contributed by atoms with van der Waals surface area (Å²) in [4.78, 5) is 15.0. The molecule has 0 saturated carbocycles. The molecule has 0 heterocycles. The van der Waals surface area contributed by atoms with Crippen LogP contribution in [0.3, 0.4) is 0 Å². The fraction of sp³-hybridized carbons (Fsp3) is 0.400. The summed E-state index contributed by atoms with van der Waals surface area (Å²) in [5, 5.41) is 10.9. The van der Waals surface area contributed by atoms with Gasteiger partial charge in [0.25, 0.3) is 5.69 Å². The standard InChI is InChI=1S/C10H14N2O5/c1-6(17-11)7-4-9(15-2)10(16-3)5-8(7)12(13)14/h4-6H,11H2,1-3H3. The average Bonchev–Trinajstić information content (AvgIpc) is 2.35. The van der Waals surface area contributed by atoms with Gasteiger partial charge in [-0.05, 0) is 13.0 Å². The van der Waals surface area contributed by atoms with Gasteiger partial charge in [0.05, 0.1) is 30.8 Å². The van der Waals surface area contributed by atoms with Crippen LogP contribution >= 0.6 is 0 Å². The van der Waals surface area contributed by atoms with Crippen molar-refractivity contribution in [1.82, 2.24) is 0 Å². The summed E-state index contributed by atoms with van der Waals surface area (Å²) in [7, 11) is 2.85. The maximum absolute atomic E-state index is 10.9. The molecule has 0 aliphatic heterocycles. The lowest BCUT2D eigenvalue weighted by molar-refractivity contribution is -0.386. The minimum atomic E-state index is -0.616. The molecular weight excluding hydrogens is 228 g/mol. The summed E-state index contributed by atoms with van der Waals surface area (Å²) in [5.74, 6) is 5.71. The molecule has 1 atom stereocenters. The molecule has 0 aliphatic rings. The Morgan fingerprint density at radius 1 is 1.29 bits per heavy atom. The van der Waals surface area contributed by atoms with E-state index in [1.54, 1.807) is 6.92 Å². The number of nitro groups is 1. The van der Waals surface area contributed by atoms with Gasteiger partial charge < -0.3 is 9.47 Å². The van der Waals surface area contributed by atoms with E-state index in [1.165, 1.54) is 26.4 Å². The molecule has 7 nitrogen and oxygen atoms in total. The van der Waals surface area contributed by atoms with E-state index in [1.807, 2.05) is 0 Å². The molecule has 94 valence electrons. The van der Waals surface area contributed by atoms with Crippen molar-refractivity contribution in [3.8, 4) is 11.5 Å². The van der Waals surface area contributed by atoms with Crippen molar-refractivity contribution >= 4 is 5.69 Å². The quantitative estimate of drug-likeness (QED) is 0.621. The molecule has 0 fully saturated rings. The largest absolute Gasteiger partial charge is 0.493 e. The Morgan fingerprint density at radius 3 is 2.24 bits per heavy atom. The van der Waals surface area contributed by atoms with Crippen molar-refractivity contribution in [2.45, 2.75) is 13.0 Å². The van der Waals surface area contributed by atoms with Gasteiger partial charge in [-0.1, -0.05) is 0 Å². The van der Waals surface area contributed by atoms with E-state index in [4.69, 9.17) is 15.4 Å². The van der Waals surface area contributed by atoms with E-state index in [-0.39, 0.29) is 11.4 Å². The molecule has 1 unspecified atom stereocenters. The third-order valence-electron chi connectivity index (χ3n) is 2.37. The Hall–Kier alpha value is -1.86. The number of hydrogen-bond donors (Lipinski definition) is 1. The molecule has 0 amide bonds. The highest BCUT2D eigenvalue weighted by atomic mass is 16.6. The van der Waals surface area contributed by atoms with Gasteiger partial charge in [-0.25, -0.2) is 5.90 Å². The van der Waals surface area contributed by atoms with Gasteiger partial charge in [0.1, 0.15) is 6.10 Å². The van der Waals surface area contributed by atoms with Crippen LogP contribution in [0.2, 0.25) is 0 Å². The number of methoxy groups -OCH3 is 2. The van der Waals surface area contributed by atoms with Gasteiger partial charge in [0.2, 0.25) is 0 Å². The zero-order valence-electron chi connectivity index (χ0n) is 9.80. The number of benzene rings is 1. The molecule has 17 heavy (non-hydrogen) atoms. The summed E-state index contributed by atoms with van der Waals surface area (Å²) in [6.45, 7) is 1.61. The summed E-state index contributed by atoms with van der Waals surface area (Å²) in [5.41, 5.74) is 0.204. The monoisotopic (exact) mass is 242 g/mol. The summed E-state index contributed by atoms with van der Waals surface area (Å²) < 4.78 is 10.1. The van der Waals surface area contributed by atoms with E-state index in [2.05, 4.69) is 4.84 Å². The fourth-order valence-electron chi connectivity index (χ4n) is 1.44. The van der Waals surface area contributed by atoms with Gasteiger partial charge in [-0.2, -0.15) is 0 Å². The molecule has 1 aromatic carbocycles. The van der Waals surface area contributed by atoms with Crippen LogP contribution in [-0.2, 0) is 4.84 Å². The average molecular weight is 242 g/mol. The molecule has 0 spiro atoms. The van der Waals surface area contributed by atoms with Crippen LogP contribution in [0, 0.1) is 10.1 Å². The second kappa shape index (κ2) is 5.46. The minimum Gasteiger partial charge on any atom is -0.493 e. The van der Waals surface area contributed by atoms with Gasteiger partial charge in [-0.3, -0.25) is 15.0 Å². The van der Waals surface area contributed by atoms with Crippen molar-refractivity contribution in [1.29, 1.82) is 0 Å². The normalized spacial score (nSPS) is 12.0. The number of hydrogen-bond acceptors (Lipinski definition) is 6. The predicted molar refractivity (Wildman–Crippen MR) is 59.9 cm³/mol. The van der Waals surface area contributed by atoms with Gasteiger partial charge in [0.15, 0.2) is 11.5 Å². The Bertz CT molecular complexity index is 421. The van der Waals surface area contributed by atoms with Crippen LogP contribution in [0.25, 0.3) is 0 Å². The predicted octanol–water partition coefficient (Wildman–Crippen LogP) is 1.56. The lowest BCUT2D eigenvalue weighted by atomic mass is 10.1. The highest BCUT2D eigenvalue weighted by molar-refractivity contribution is 5.55. The van der Waals surface area contributed by atoms with E-state index in [9.17, 15) is 10.1 Å². The number of nitro benzene ring substituents is 1. The Kier molecular flexibility index (Phi) is 4.24. The van der Waals surface area contributed by atoms with Crippen molar-refractivity contribution in [2.75, 3.05) is 14.2 Å². The minimum absolute atomic E-state index is 0.124. The first kappa shape index (κ1) is 13.2. The van der Waals surface area contributed by atoms with E-state index < -0.39 is 11.0 Å². The first-order valence-corrected chi connectivity index (χ1v) is 4.81. The van der Waals surface area contributed by atoms with Crippen molar-refractivity contribution < 1.29 is 19.2 Å². The summed E-state index contributed by atoms with van der Waals surface area (Å²) >= 11 is 0. The first-order valence-electron chi connectivity index (χ1n) is 4.81. The van der Waals surface area contributed by atoms with Gasteiger partial charge in [-0.15, -0.1) is 0 Å². The number of ether oxygens (including phenoxy) is 2. The fourth-order valence-corrected chi connectivity index (χ4v) is 1.44. The maximum atomic E-state index is 10.9. The number of rotatable bonds is 5. The Morgan fingerprint density at radius 2 is 1.82 bits per heavy atom. The second-order valence-electron chi connectivity index (χ2n) is 3.30. The number of nitrogens with zero attached hydrogens (tertiary/aromatic N) is 1. The summed E-state index contributed by atoms with van der Waals surface area (Å²) in [6.07, 6.45) is -0.616. The van der Waals surface area contributed by atoms with E-state index >= 15 is 0 Å². The molecule has 0 bridgehead atoms. The van der Waals surface area contributed by atoms with Crippen LogP contribution in [0.15, 0.2) is 12.1 Å². The molecule has 0 aliphatic carbocycles. The van der Waals surface area contributed by atoms with E-state index in [0.29, 0.717) is 11.3 Å². The molecule has 1 aromatic rings. The van der Waals surface area contributed by atoms with Gasteiger partial charge in [0, 0.05) is 0 Å². The Labute approximate surface area is 98.2 Å². The van der Waals surface area contributed by atoms with Crippen molar-refractivity contribution in [2.24, 2.45) is 5.90 Å². The molecule has 2 N–H and O–H groups in total. The lowest BCUT2D eigenvalue weighted by Gasteiger charge is -2.13. The van der Waals surface area contributed by atoms with Crippen LogP contribution in [0.1, 0.15) is 18.6 Å². The van der Waals surface area contributed by atoms with Crippen LogP contribution in [0.5, 0.6) is 11.5 Å². The van der Waals surface area contributed by atoms with Crippen molar-refractivity contribution in [3.63, 3.8) is 0 Å². The SMILES string of the molecule is COc1cc(C(C)ON)c([N+](=O)[O-])cc1OC. The van der Waals surface area contributed by atoms with Crippen LogP contribution in [0.4, 0.5) is 5.69 Å². The highest BCUT2D eigenvalue weighted by Gasteiger charge is 2.23. The molecule has 7 heteroatoms. The topological polar surface area (TPSA) is 96.9 Å². The van der Waals surface area contributed by atoms with Crippen LogP contribution in [-0.4, -0.2) is 19.1 Å². The summed E-state index contributed by atoms with van der Waals surface area (Å²) in [6, 6.07) is 2.76. The number of nitrogens with two attached hydrogens (primary N) is 1. The lowest BCUT2D eigenvalue weighted by Crippen LogP contribution is -2.08. The van der Waals surface area contributed by atoms with Crippen molar-refractivity contribution in [3.05, 3.63) is 27.8 Å². The van der Waals surface area contributed by atoms with Crippen LogP contribution < -0.4 is 15.4 Å². The molecule has 1 rings (SSSR count). The zero-order chi connectivity index (χ0) is 13.0. The Balaban J connectivity index is 3.40. The third-order valence-corrected chi connectivity index (χ3v) is 2.37. The molecule has 0 aromatic heterocycles. The third kappa shape index (κ3) is 2.63. The molecular formula is C10H14N2O5. The zero-order valence-corrected chi connectivity index (χ0v) is 9.80. The second-order valence-corrected chi connectivity index (χ2v) is 3.30. The highest BCUT2D eigenvalue weighted by Crippen LogP contribution is 2.37. The first-order chi connectivity index (χ1) is 8.04. The molecule has 0 saturated heterocycles. The smallest absolute Gasteiger partial charge is 0.279 e. The molecule has 0 radical (unpaired) electrons.